The highest BCUT2D eigenvalue weighted by atomic mass is 15.1. The van der Waals surface area contributed by atoms with Crippen molar-refractivity contribution in [3.05, 3.63) is 18.2 Å². The molecule has 0 bridgehead atoms. The van der Waals surface area contributed by atoms with Crippen LogP contribution in [0.3, 0.4) is 0 Å². The van der Waals surface area contributed by atoms with E-state index in [0.717, 1.165) is 24.3 Å². The maximum absolute atomic E-state index is 4.45. The molecule has 1 aliphatic heterocycles. The van der Waals surface area contributed by atoms with Crippen LogP contribution < -0.4 is 5.32 Å². The van der Waals surface area contributed by atoms with Crippen LogP contribution in [-0.2, 0) is 6.54 Å². The van der Waals surface area contributed by atoms with Gasteiger partial charge in [-0.05, 0) is 62.8 Å². The van der Waals surface area contributed by atoms with Crippen molar-refractivity contribution in [2.75, 3.05) is 13.1 Å². The molecule has 2 saturated carbocycles. The van der Waals surface area contributed by atoms with E-state index in [1.807, 2.05) is 0 Å². The molecule has 3 aliphatic rings. The van der Waals surface area contributed by atoms with Crippen molar-refractivity contribution < 1.29 is 0 Å². The summed E-state index contributed by atoms with van der Waals surface area (Å²) in [5.41, 5.74) is 1.48. The van der Waals surface area contributed by atoms with Crippen molar-refractivity contribution in [3.8, 4) is 0 Å². The van der Waals surface area contributed by atoms with Crippen molar-refractivity contribution in [2.24, 2.45) is 17.8 Å². The Morgan fingerprint density at radius 3 is 2.63 bits per heavy atom. The average Bonchev–Trinajstić information content (AvgIpc) is 3.37. The van der Waals surface area contributed by atoms with Crippen LogP contribution in [0.1, 0.15) is 50.1 Å². The minimum absolute atomic E-state index is 0.690. The summed E-state index contributed by atoms with van der Waals surface area (Å²) in [4.78, 5) is 4.45. The van der Waals surface area contributed by atoms with Crippen LogP contribution in [0.25, 0.3) is 0 Å². The van der Waals surface area contributed by atoms with E-state index < -0.39 is 0 Å². The van der Waals surface area contributed by atoms with Gasteiger partial charge in [0.1, 0.15) is 0 Å². The van der Waals surface area contributed by atoms with Gasteiger partial charge >= 0.3 is 0 Å². The van der Waals surface area contributed by atoms with Gasteiger partial charge in [-0.2, -0.15) is 0 Å². The number of imidazole rings is 1. The zero-order chi connectivity index (χ0) is 12.7. The maximum atomic E-state index is 4.45. The zero-order valence-corrected chi connectivity index (χ0v) is 11.7. The molecular formula is C16H25N3. The number of nitrogens with zero attached hydrogens (tertiary/aromatic N) is 2. The van der Waals surface area contributed by atoms with Crippen molar-refractivity contribution in [1.82, 2.24) is 14.9 Å². The summed E-state index contributed by atoms with van der Waals surface area (Å²) in [6.45, 7) is 3.57. The predicted octanol–water partition coefficient (Wildman–Crippen LogP) is 2.79. The van der Waals surface area contributed by atoms with Crippen LogP contribution in [0.2, 0.25) is 0 Å². The van der Waals surface area contributed by atoms with Gasteiger partial charge < -0.3 is 9.88 Å². The second-order valence-corrected chi connectivity index (χ2v) is 6.85. The molecular weight excluding hydrogens is 234 g/mol. The van der Waals surface area contributed by atoms with Gasteiger partial charge in [-0.15, -0.1) is 0 Å². The summed E-state index contributed by atoms with van der Waals surface area (Å²) < 4.78 is 2.49. The highest BCUT2D eigenvalue weighted by Crippen LogP contribution is 2.50. The number of rotatable bonds is 5. The summed E-state index contributed by atoms with van der Waals surface area (Å²) in [5.74, 6) is 3.71. The second kappa shape index (κ2) is 4.93. The molecule has 0 amide bonds. The topological polar surface area (TPSA) is 29.9 Å². The lowest BCUT2D eigenvalue weighted by molar-refractivity contribution is 0.336. The lowest BCUT2D eigenvalue weighted by Crippen LogP contribution is -2.30. The monoisotopic (exact) mass is 259 g/mol. The van der Waals surface area contributed by atoms with Gasteiger partial charge in [-0.25, -0.2) is 4.98 Å². The Morgan fingerprint density at radius 2 is 2.00 bits per heavy atom. The van der Waals surface area contributed by atoms with Crippen molar-refractivity contribution in [3.63, 3.8) is 0 Å². The van der Waals surface area contributed by atoms with E-state index in [2.05, 4.69) is 27.4 Å². The Balaban J connectivity index is 1.49. The molecule has 19 heavy (non-hydrogen) atoms. The van der Waals surface area contributed by atoms with Crippen molar-refractivity contribution >= 4 is 0 Å². The fraction of sp³-hybridized carbons (Fsp3) is 0.812. The first-order valence-electron chi connectivity index (χ1n) is 8.12. The Kier molecular flexibility index (Phi) is 3.10. The quantitative estimate of drug-likeness (QED) is 0.881. The van der Waals surface area contributed by atoms with Crippen LogP contribution in [0.5, 0.6) is 0 Å². The number of nitrogens with one attached hydrogen (secondary N) is 1. The lowest BCUT2D eigenvalue weighted by atomic mass is 9.94. The summed E-state index contributed by atoms with van der Waals surface area (Å²) in [7, 11) is 0. The van der Waals surface area contributed by atoms with Crippen LogP contribution in [0.4, 0.5) is 0 Å². The van der Waals surface area contributed by atoms with E-state index in [9.17, 15) is 0 Å². The van der Waals surface area contributed by atoms with Gasteiger partial charge in [0.05, 0.1) is 6.33 Å². The Morgan fingerprint density at radius 1 is 1.21 bits per heavy atom. The summed E-state index contributed by atoms with van der Waals surface area (Å²) >= 11 is 0. The number of aromatic nitrogens is 2. The van der Waals surface area contributed by atoms with Gasteiger partial charge in [0.25, 0.3) is 0 Å². The normalized spacial score (nSPS) is 27.9. The fourth-order valence-corrected chi connectivity index (χ4v) is 3.89. The third-order valence-electron chi connectivity index (χ3n) is 5.32. The predicted molar refractivity (Wildman–Crippen MR) is 76.0 cm³/mol. The van der Waals surface area contributed by atoms with E-state index >= 15 is 0 Å². The van der Waals surface area contributed by atoms with Crippen LogP contribution in [0.15, 0.2) is 12.5 Å². The van der Waals surface area contributed by atoms with Gasteiger partial charge in [0.15, 0.2) is 0 Å². The Bertz CT molecular complexity index is 413. The molecule has 0 spiro atoms. The standard InChI is InChI=1S/C16H25N3/c1-2-14(8-17-7-1)16-9-18-11-19(16)10-15(12-3-4-12)13-5-6-13/h9,11-15,17H,1-8,10H2. The first-order chi connectivity index (χ1) is 9.42. The highest BCUT2D eigenvalue weighted by Gasteiger charge is 2.41. The summed E-state index contributed by atoms with van der Waals surface area (Å²) in [5, 5.41) is 3.53. The molecule has 104 valence electrons. The molecule has 1 aromatic heterocycles. The van der Waals surface area contributed by atoms with Gasteiger partial charge in [0, 0.05) is 30.9 Å². The SMILES string of the molecule is c1ncn(CC(C2CC2)C2CC2)c1C1CCCNC1. The molecule has 3 nitrogen and oxygen atoms in total. The molecule has 1 atom stereocenters. The first kappa shape index (κ1) is 12.0. The number of hydrogen-bond donors (Lipinski definition) is 1. The van der Waals surface area contributed by atoms with E-state index in [4.69, 9.17) is 0 Å². The smallest absolute Gasteiger partial charge is 0.0948 e. The molecule has 0 radical (unpaired) electrons. The Labute approximate surface area is 115 Å². The molecule has 1 N–H and O–H groups in total. The molecule has 1 unspecified atom stereocenters. The highest BCUT2D eigenvalue weighted by molar-refractivity contribution is 5.09. The molecule has 1 aromatic rings. The first-order valence-corrected chi connectivity index (χ1v) is 8.12. The van der Waals surface area contributed by atoms with Gasteiger partial charge in [0.2, 0.25) is 0 Å². The minimum atomic E-state index is 0.690. The largest absolute Gasteiger partial charge is 0.334 e. The van der Waals surface area contributed by atoms with E-state index in [1.165, 1.54) is 57.3 Å². The van der Waals surface area contributed by atoms with E-state index in [1.54, 1.807) is 0 Å². The molecule has 0 aromatic carbocycles. The molecule has 2 aliphatic carbocycles. The maximum Gasteiger partial charge on any atom is 0.0948 e. The van der Waals surface area contributed by atoms with Gasteiger partial charge in [-0.1, -0.05) is 0 Å². The second-order valence-electron chi connectivity index (χ2n) is 6.85. The van der Waals surface area contributed by atoms with Crippen LogP contribution in [-0.4, -0.2) is 22.6 Å². The third kappa shape index (κ3) is 2.58. The Hall–Kier alpha value is -0.830. The average molecular weight is 259 g/mol. The van der Waals surface area contributed by atoms with Crippen molar-refractivity contribution in [1.29, 1.82) is 0 Å². The molecule has 3 heteroatoms. The molecule has 3 fully saturated rings. The summed E-state index contributed by atoms with van der Waals surface area (Å²) in [6.07, 6.45) is 12.8. The van der Waals surface area contributed by atoms with E-state index in [0.29, 0.717) is 5.92 Å². The number of piperidine rings is 1. The summed E-state index contributed by atoms with van der Waals surface area (Å²) in [6, 6.07) is 0. The fourth-order valence-electron chi connectivity index (χ4n) is 3.89. The molecule has 2 heterocycles. The molecule has 1 saturated heterocycles. The lowest BCUT2D eigenvalue weighted by Gasteiger charge is -2.25. The van der Waals surface area contributed by atoms with Gasteiger partial charge in [-0.3, -0.25) is 0 Å². The molecule has 4 rings (SSSR count). The van der Waals surface area contributed by atoms with Crippen LogP contribution in [0, 0.1) is 17.8 Å². The third-order valence-corrected chi connectivity index (χ3v) is 5.32. The zero-order valence-electron chi connectivity index (χ0n) is 11.7. The van der Waals surface area contributed by atoms with Crippen molar-refractivity contribution in [2.45, 2.75) is 51.0 Å². The number of hydrogen-bond acceptors (Lipinski definition) is 2. The van der Waals surface area contributed by atoms with Crippen LogP contribution >= 0.6 is 0 Å². The van der Waals surface area contributed by atoms with E-state index in [-0.39, 0.29) is 0 Å². The minimum Gasteiger partial charge on any atom is -0.334 e.